The van der Waals surface area contributed by atoms with E-state index in [1.807, 2.05) is 23.6 Å². The van der Waals surface area contributed by atoms with E-state index in [-0.39, 0.29) is 13.2 Å². The number of thiophene rings is 1. The van der Waals surface area contributed by atoms with Gasteiger partial charge in [0, 0.05) is 11.5 Å². The van der Waals surface area contributed by atoms with Crippen LogP contribution in [0.4, 0.5) is 0 Å². The van der Waals surface area contributed by atoms with Crippen LogP contribution in [0.1, 0.15) is 11.3 Å². The van der Waals surface area contributed by atoms with Crippen molar-refractivity contribution in [3.63, 3.8) is 0 Å². The first-order chi connectivity index (χ1) is 5.86. The van der Waals surface area contributed by atoms with E-state index in [2.05, 4.69) is 0 Å². The van der Waals surface area contributed by atoms with Crippen molar-refractivity contribution in [3.8, 4) is 0 Å². The summed E-state index contributed by atoms with van der Waals surface area (Å²) in [5, 5.41) is 19.5. The topological polar surface area (TPSA) is 40.5 Å². The first-order valence-electron chi connectivity index (χ1n) is 3.81. The van der Waals surface area contributed by atoms with Gasteiger partial charge in [-0.05, 0) is 29.5 Å². The molecule has 0 saturated heterocycles. The average Bonchev–Trinajstić information content (AvgIpc) is 2.56. The van der Waals surface area contributed by atoms with Crippen LogP contribution in [0, 0.1) is 0 Å². The molecule has 1 rings (SSSR count). The molecule has 0 saturated carbocycles. The van der Waals surface area contributed by atoms with Gasteiger partial charge in [-0.15, -0.1) is 11.3 Å². The largest absolute Gasteiger partial charge is 0.396 e. The van der Waals surface area contributed by atoms with Gasteiger partial charge < -0.3 is 10.2 Å². The molecule has 0 fully saturated rings. The maximum Gasteiger partial charge on any atom is 0.0646 e. The van der Waals surface area contributed by atoms with Crippen molar-refractivity contribution >= 4 is 17.4 Å². The second-order valence-electron chi connectivity index (χ2n) is 2.45. The van der Waals surface area contributed by atoms with E-state index in [0.29, 0.717) is 6.42 Å². The normalized spacial score (nSPS) is 12.0. The Bertz CT molecular complexity index is 239. The molecule has 0 aromatic carbocycles. The van der Waals surface area contributed by atoms with Crippen LogP contribution in [-0.4, -0.2) is 23.4 Å². The smallest absolute Gasteiger partial charge is 0.0646 e. The lowest BCUT2D eigenvalue weighted by Gasteiger charge is -1.98. The van der Waals surface area contributed by atoms with Crippen LogP contribution in [-0.2, 0) is 0 Å². The average molecular weight is 184 g/mol. The second-order valence-corrected chi connectivity index (χ2v) is 3.43. The van der Waals surface area contributed by atoms with E-state index in [4.69, 9.17) is 10.2 Å². The highest BCUT2D eigenvalue weighted by Gasteiger charge is 1.95. The molecule has 3 heteroatoms. The highest BCUT2D eigenvalue weighted by Crippen LogP contribution is 2.14. The van der Waals surface area contributed by atoms with Gasteiger partial charge in [0.25, 0.3) is 0 Å². The molecule has 0 aliphatic rings. The third-order valence-electron chi connectivity index (χ3n) is 1.53. The molecule has 0 bridgehead atoms. The van der Waals surface area contributed by atoms with Crippen molar-refractivity contribution < 1.29 is 10.2 Å². The van der Waals surface area contributed by atoms with E-state index in [0.717, 1.165) is 10.5 Å². The Morgan fingerprint density at radius 3 is 2.83 bits per heavy atom. The monoisotopic (exact) mass is 184 g/mol. The van der Waals surface area contributed by atoms with E-state index >= 15 is 0 Å². The Labute approximate surface area is 75.8 Å². The third-order valence-corrected chi connectivity index (χ3v) is 2.34. The Morgan fingerprint density at radius 2 is 2.33 bits per heavy atom. The molecule has 0 aliphatic carbocycles. The number of aliphatic hydroxyl groups is 2. The molecule has 1 heterocycles. The molecule has 2 nitrogen and oxygen atoms in total. The van der Waals surface area contributed by atoms with Crippen molar-refractivity contribution in [3.05, 3.63) is 28.0 Å². The van der Waals surface area contributed by atoms with Crippen LogP contribution in [0.3, 0.4) is 0 Å². The minimum atomic E-state index is 0.0262. The van der Waals surface area contributed by atoms with Gasteiger partial charge in [0.05, 0.1) is 6.61 Å². The van der Waals surface area contributed by atoms with Gasteiger partial charge in [-0.25, -0.2) is 0 Å². The Kier molecular flexibility index (Phi) is 4.00. The number of aliphatic hydroxyl groups excluding tert-OH is 2. The van der Waals surface area contributed by atoms with Crippen molar-refractivity contribution in [1.82, 2.24) is 0 Å². The lowest BCUT2D eigenvalue weighted by atomic mass is 10.2. The summed E-state index contributed by atoms with van der Waals surface area (Å²) in [4.78, 5) is 1.12. The van der Waals surface area contributed by atoms with E-state index in [1.54, 1.807) is 11.3 Å². The summed E-state index contributed by atoms with van der Waals surface area (Å²) in [6.07, 6.45) is 2.47. The molecule has 0 unspecified atom stereocenters. The predicted octanol–water partition coefficient (Wildman–Crippen LogP) is 1.51. The van der Waals surface area contributed by atoms with Crippen LogP contribution in [0.2, 0.25) is 0 Å². The van der Waals surface area contributed by atoms with Crippen LogP contribution < -0.4 is 0 Å². The van der Waals surface area contributed by atoms with E-state index < -0.39 is 0 Å². The summed E-state index contributed by atoms with van der Waals surface area (Å²) in [6, 6.07) is 3.95. The molecule has 0 atom stereocenters. The van der Waals surface area contributed by atoms with Crippen molar-refractivity contribution in [2.24, 2.45) is 0 Å². The first-order valence-corrected chi connectivity index (χ1v) is 4.69. The van der Waals surface area contributed by atoms with Gasteiger partial charge in [-0.1, -0.05) is 6.07 Å². The minimum absolute atomic E-state index is 0.0262. The summed E-state index contributed by atoms with van der Waals surface area (Å²) in [7, 11) is 0. The summed E-state index contributed by atoms with van der Waals surface area (Å²) in [5.41, 5.74) is 0.875. The second kappa shape index (κ2) is 5.09. The lowest BCUT2D eigenvalue weighted by Crippen LogP contribution is -1.93. The van der Waals surface area contributed by atoms with Gasteiger partial charge in [0.15, 0.2) is 0 Å². The number of rotatable bonds is 4. The Morgan fingerprint density at radius 1 is 1.50 bits per heavy atom. The molecule has 0 spiro atoms. The van der Waals surface area contributed by atoms with Crippen LogP contribution >= 0.6 is 11.3 Å². The molecular weight excluding hydrogens is 172 g/mol. The van der Waals surface area contributed by atoms with Gasteiger partial charge >= 0.3 is 0 Å². The van der Waals surface area contributed by atoms with Crippen molar-refractivity contribution in [2.75, 3.05) is 13.2 Å². The fourth-order valence-electron chi connectivity index (χ4n) is 0.915. The molecule has 0 aliphatic heterocycles. The van der Waals surface area contributed by atoms with Gasteiger partial charge in [0.2, 0.25) is 0 Å². The zero-order valence-electron chi connectivity index (χ0n) is 6.73. The van der Waals surface area contributed by atoms with Crippen LogP contribution in [0.5, 0.6) is 0 Å². The van der Waals surface area contributed by atoms with Gasteiger partial charge in [-0.2, -0.15) is 0 Å². The molecule has 0 amide bonds. The Hall–Kier alpha value is -0.640. The van der Waals surface area contributed by atoms with Crippen molar-refractivity contribution in [1.29, 1.82) is 0 Å². The number of hydrogen-bond donors (Lipinski definition) is 2. The maximum absolute atomic E-state index is 8.88. The van der Waals surface area contributed by atoms with Crippen LogP contribution in [0.25, 0.3) is 6.08 Å². The standard InChI is InChI=1S/C9H12O2S/c10-4-3-8(7-11)6-9-2-1-5-12-9/h1-2,5-6,10-11H,3-4,7H2/b8-6+. The fourth-order valence-corrected chi connectivity index (χ4v) is 1.62. The lowest BCUT2D eigenvalue weighted by molar-refractivity contribution is 0.279. The predicted molar refractivity (Wildman–Crippen MR) is 51.1 cm³/mol. The number of hydrogen-bond acceptors (Lipinski definition) is 3. The summed E-state index contributed by atoms with van der Waals surface area (Å²) >= 11 is 1.62. The van der Waals surface area contributed by atoms with E-state index in [9.17, 15) is 0 Å². The molecule has 0 radical (unpaired) electrons. The summed E-state index contributed by atoms with van der Waals surface area (Å²) in [5.74, 6) is 0. The maximum atomic E-state index is 8.88. The van der Waals surface area contributed by atoms with E-state index in [1.165, 1.54) is 0 Å². The third kappa shape index (κ3) is 2.77. The zero-order chi connectivity index (χ0) is 8.81. The molecule has 2 N–H and O–H groups in total. The minimum Gasteiger partial charge on any atom is -0.396 e. The fraction of sp³-hybridized carbons (Fsp3) is 0.333. The summed E-state index contributed by atoms with van der Waals surface area (Å²) in [6.45, 7) is 0.121. The molecule has 1 aromatic rings. The molecule has 12 heavy (non-hydrogen) atoms. The Balaban J connectivity index is 2.64. The quantitative estimate of drug-likeness (QED) is 0.744. The van der Waals surface area contributed by atoms with Crippen LogP contribution in [0.15, 0.2) is 23.1 Å². The van der Waals surface area contributed by atoms with Gasteiger partial charge in [-0.3, -0.25) is 0 Å². The van der Waals surface area contributed by atoms with Gasteiger partial charge in [0.1, 0.15) is 0 Å². The molecular formula is C9H12O2S. The molecule has 66 valence electrons. The highest BCUT2D eigenvalue weighted by molar-refractivity contribution is 7.10. The van der Waals surface area contributed by atoms with Crippen molar-refractivity contribution in [2.45, 2.75) is 6.42 Å². The zero-order valence-corrected chi connectivity index (χ0v) is 7.55. The molecule has 1 aromatic heterocycles. The SMILES string of the molecule is OCC/C(=C\c1cccs1)CO. The first kappa shape index (κ1) is 9.45. The highest BCUT2D eigenvalue weighted by atomic mass is 32.1. The summed E-state index contributed by atoms with van der Waals surface area (Å²) < 4.78 is 0.